The third-order valence-corrected chi connectivity index (χ3v) is 4.76. The van der Waals surface area contributed by atoms with Gasteiger partial charge in [-0.25, -0.2) is 4.98 Å². The Bertz CT molecular complexity index is 951. The van der Waals surface area contributed by atoms with Crippen LogP contribution in [0.25, 0.3) is 21.7 Å². The van der Waals surface area contributed by atoms with E-state index >= 15 is 0 Å². The van der Waals surface area contributed by atoms with Crippen LogP contribution in [0, 0.1) is 5.21 Å². The summed E-state index contributed by atoms with van der Waals surface area (Å²) < 4.78 is 39.0. The highest BCUT2D eigenvalue weighted by Gasteiger charge is 2.30. The number of aromatic nitrogens is 2. The smallest absolute Gasteiger partial charge is 0.416 e. The maximum atomic E-state index is 12.8. The molecule has 3 aromatic rings. The standard InChI is InChI=1S/C18H14F3N3O2S/c1-2-14(25)22-17-23-15(11-3-5-13(6-4-11)18(19,20)21)16(27-17)12-7-9-24(26)10-8-12/h3-10H,2H2,1H3,(H,22,23,25). The first-order valence-electron chi connectivity index (χ1n) is 7.95. The Balaban J connectivity index is 2.06. The van der Waals surface area contributed by atoms with Gasteiger partial charge in [0.1, 0.15) is 0 Å². The molecule has 2 heterocycles. The van der Waals surface area contributed by atoms with Gasteiger partial charge in [-0.15, -0.1) is 0 Å². The molecule has 2 aromatic heterocycles. The van der Waals surface area contributed by atoms with Gasteiger partial charge >= 0.3 is 6.18 Å². The number of halogens is 3. The molecule has 0 unspecified atom stereocenters. The fraction of sp³-hybridized carbons (Fsp3) is 0.167. The van der Waals surface area contributed by atoms with E-state index in [0.29, 0.717) is 31.6 Å². The first-order valence-corrected chi connectivity index (χ1v) is 8.77. The number of pyridine rings is 1. The second-order valence-corrected chi connectivity index (χ2v) is 6.62. The highest BCUT2D eigenvalue weighted by atomic mass is 32.1. The first kappa shape index (κ1) is 18.8. The minimum Gasteiger partial charge on any atom is -0.619 e. The number of benzene rings is 1. The molecule has 0 aliphatic rings. The van der Waals surface area contributed by atoms with Crippen molar-refractivity contribution in [1.29, 1.82) is 0 Å². The molecule has 5 nitrogen and oxygen atoms in total. The van der Waals surface area contributed by atoms with E-state index < -0.39 is 11.7 Å². The maximum Gasteiger partial charge on any atom is 0.416 e. The van der Waals surface area contributed by atoms with E-state index in [0.717, 1.165) is 12.1 Å². The van der Waals surface area contributed by atoms with Gasteiger partial charge in [0, 0.05) is 29.7 Å². The van der Waals surface area contributed by atoms with E-state index in [1.807, 2.05) is 0 Å². The third kappa shape index (κ3) is 4.25. The Morgan fingerprint density at radius 2 is 1.78 bits per heavy atom. The van der Waals surface area contributed by atoms with Gasteiger partial charge in [0.05, 0.1) is 16.1 Å². The fourth-order valence-corrected chi connectivity index (χ4v) is 3.36. The number of alkyl halides is 3. The van der Waals surface area contributed by atoms with Crippen LogP contribution in [0.5, 0.6) is 0 Å². The third-order valence-electron chi connectivity index (χ3n) is 3.74. The second kappa shape index (κ2) is 7.36. The molecule has 0 radical (unpaired) electrons. The molecule has 0 aliphatic heterocycles. The van der Waals surface area contributed by atoms with Crippen molar-refractivity contribution >= 4 is 22.4 Å². The zero-order valence-electron chi connectivity index (χ0n) is 14.1. The van der Waals surface area contributed by atoms with Crippen LogP contribution in [-0.4, -0.2) is 10.9 Å². The van der Waals surface area contributed by atoms with E-state index in [2.05, 4.69) is 10.3 Å². The van der Waals surface area contributed by atoms with Crippen LogP contribution in [0.15, 0.2) is 48.8 Å². The summed E-state index contributed by atoms with van der Waals surface area (Å²) in [5.41, 5.74) is 0.829. The molecule has 140 valence electrons. The monoisotopic (exact) mass is 393 g/mol. The second-order valence-electron chi connectivity index (χ2n) is 5.62. The average Bonchev–Trinajstić information content (AvgIpc) is 3.05. The number of amides is 1. The minimum atomic E-state index is -4.43. The number of anilines is 1. The SMILES string of the molecule is CCC(=O)Nc1nc(-c2ccc(C(F)(F)F)cc2)c(-c2cc[n+]([O-])cc2)s1. The summed E-state index contributed by atoms with van der Waals surface area (Å²) in [6.07, 6.45) is -1.53. The lowest BCUT2D eigenvalue weighted by Crippen LogP contribution is -2.23. The summed E-state index contributed by atoms with van der Waals surface area (Å²) in [6.45, 7) is 1.70. The predicted molar refractivity (Wildman–Crippen MR) is 95.9 cm³/mol. The van der Waals surface area contributed by atoms with Gasteiger partial charge in [0.2, 0.25) is 5.91 Å². The van der Waals surface area contributed by atoms with E-state index in [9.17, 15) is 23.2 Å². The van der Waals surface area contributed by atoms with Gasteiger partial charge in [-0.3, -0.25) is 4.79 Å². The number of nitrogens with one attached hydrogen (secondary N) is 1. The van der Waals surface area contributed by atoms with Crippen LogP contribution in [0.4, 0.5) is 18.3 Å². The van der Waals surface area contributed by atoms with Crippen molar-refractivity contribution in [2.45, 2.75) is 19.5 Å². The summed E-state index contributed by atoms with van der Waals surface area (Å²) in [7, 11) is 0. The Hall–Kier alpha value is -2.94. The molecular weight excluding hydrogens is 379 g/mol. The summed E-state index contributed by atoms with van der Waals surface area (Å²) >= 11 is 1.19. The molecule has 0 fully saturated rings. The predicted octanol–water partition coefficient (Wildman–Crippen LogP) is 4.48. The molecule has 0 aliphatic carbocycles. The highest BCUT2D eigenvalue weighted by Crippen LogP contribution is 2.39. The molecule has 0 atom stereocenters. The number of rotatable bonds is 4. The molecule has 0 bridgehead atoms. The van der Waals surface area contributed by atoms with Crippen LogP contribution in [0.3, 0.4) is 0 Å². The number of carbonyl (C=O) groups excluding carboxylic acids is 1. The summed E-state index contributed by atoms with van der Waals surface area (Å²) in [4.78, 5) is 16.7. The van der Waals surface area contributed by atoms with Crippen molar-refractivity contribution in [3.8, 4) is 21.7 Å². The summed E-state index contributed by atoms with van der Waals surface area (Å²) in [6, 6.07) is 7.81. The largest absolute Gasteiger partial charge is 0.619 e. The zero-order chi connectivity index (χ0) is 19.6. The molecule has 3 rings (SSSR count). The molecule has 0 saturated carbocycles. The van der Waals surface area contributed by atoms with Crippen molar-refractivity contribution in [2.75, 3.05) is 5.32 Å². The maximum absolute atomic E-state index is 12.8. The van der Waals surface area contributed by atoms with Gasteiger partial charge in [-0.1, -0.05) is 30.4 Å². The minimum absolute atomic E-state index is 0.222. The van der Waals surface area contributed by atoms with Crippen LogP contribution in [0.2, 0.25) is 0 Å². The van der Waals surface area contributed by atoms with Crippen LogP contribution < -0.4 is 10.0 Å². The lowest BCUT2D eigenvalue weighted by molar-refractivity contribution is -0.605. The van der Waals surface area contributed by atoms with Crippen molar-refractivity contribution in [3.05, 3.63) is 59.6 Å². The molecule has 9 heteroatoms. The molecule has 1 aromatic carbocycles. The van der Waals surface area contributed by atoms with Crippen molar-refractivity contribution in [3.63, 3.8) is 0 Å². The highest BCUT2D eigenvalue weighted by molar-refractivity contribution is 7.19. The van der Waals surface area contributed by atoms with Crippen LogP contribution >= 0.6 is 11.3 Å². The van der Waals surface area contributed by atoms with Crippen molar-refractivity contribution in [2.24, 2.45) is 0 Å². The van der Waals surface area contributed by atoms with Gasteiger partial charge < -0.3 is 10.5 Å². The molecule has 0 saturated heterocycles. The van der Waals surface area contributed by atoms with E-state index in [-0.39, 0.29) is 12.3 Å². The first-order chi connectivity index (χ1) is 12.8. The van der Waals surface area contributed by atoms with Crippen molar-refractivity contribution in [1.82, 2.24) is 4.98 Å². The Morgan fingerprint density at radius 3 is 2.33 bits per heavy atom. The fourth-order valence-electron chi connectivity index (χ4n) is 2.35. The number of thiazole rings is 1. The number of carbonyl (C=O) groups is 1. The normalized spacial score (nSPS) is 11.4. The molecule has 27 heavy (non-hydrogen) atoms. The molecule has 1 N–H and O–H groups in total. The molecule has 0 spiro atoms. The van der Waals surface area contributed by atoms with Gasteiger partial charge in [0.15, 0.2) is 17.5 Å². The Morgan fingerprint density at radius 1 is 1.15 bits per heavy atom. The number of nitrogens with zero attached hydrogens (tertiary/aromatic N) is 2. The van der Waals surface area contributed by atoms with E-state index in [4.69, 9.17) is 0 Å². The topological polar surface area (TPSA) is 68.9 Å². The Labute approximate surface area is 156 Å². The van der Waals surface area contributed by atoms with Gasteiger partial charge in [-0.2, -0.15) is 17.9 Å². The van der Waals surface area contributed by atoms with Crippen LogP contribution in [0.1, 0.15) is 18.9 Å². The lowest BCUT2D eigenvalue weighted by Gasteiger charge is -2.07. The Kier molecular flexibility index (Phi) is 5.13. The van der Waals surface area contributed by atoms with Crippen molar-refractivity contribution < 1.29 is 22.7 Å². The average molecular weight is 393 g/mol. The van der Waals surface area contributed by atoms with Gasteiger partial charge in [0.25, 0.3) is 0 Å². The summed E-state index contributed by atoms with van der Waals surface area (Å²) in [5, 5.41) is 14.3. The number of hydrogen-bond donors (Lipinski definition) is 1. The summed E-state index contributed by atoms with van der Waals surface area (Å²) in [5.74, 6) is -0.222. The van der Waals surface area contributed by atoms with E-state index in [1.54, 1.807) is 19.1 Å². The van der Waals surface area contributed by atoms with E-state index in [1.165, 1.54) is 35.9 Å². The zero-order valence-corrected chi connectivity index (χ0v) is 14.9. The van der Waals surface area contributed by atoms with Crippen LogP contribution in [-0.2, 0) is 11.0 Å². The molecular formula is C18H14F3N3O2S. The van der Waals surface area contributed by atoms with Gasteiger partial charge in [-0.05, 0) is 12.1 Å². The lowest BCUT2D eigenvalue weighted by atomic mass is 10.1. The number of hydrogen-bond acceptors (Lipinski definition) is 4. The molecule has 1 amide bonds. The quantitative estimate of drug-likeness (QED) is 0.525.